The highest BCUT2D eigenvalue weighted by Crippen LogP contribution is 2.21. The molecule has 7 nitrogen and oxygen atoms in total. The van der Waals surface area contributed by atoms with Crippen LogP contribution >= 0.6 is 0 Å². The third-order valence-corrected chi connectivity index (χ3v) is 6.20. The molecule has 0 aliphatic carbocycles. The number of ketones is 1. The van der Waals surface area contributed by atoms with Gasteiger partial charge in [-0.1, -0.05) is 0 Å². The summed E-state index contributed by atoms with van der Waals surface area (Å²) in [5.41, 5.74) is 0.523. The molecule has 1 aliphatic rings. The van der Waals surface area contributed by atoms with E-state index in [0.29, 0.717) is 50.0 Å². The summed E-state index contributed by atoms with van der Waals surface area (Å²) in [6.07, 6.45) is 0. The fourth-order valence-electron chi connectivity index (χ4n) is 2.78. The zero-order valence-electron chi connectivity index (χ0n) is 15.7. The molecule has 2 aromatic rings. The predicted octanol–water partition coefficient (Wildman–Crippen LogP) is 2.37. The molecule has 28 heavy (non-hydrogen) atoms. The van der Waals surface area contributed by atoms with E-state index in [-0.39, 0.29) is 17.3 Å². The summed E-state index contributed by atoms with van der Waals surface area (Å²) in [5.74, 6) is 0.963. The van der Waals surface area contributed by atoms with Crippen molar-refractivity contribution in [3.05, 3.63) is 54.1 Å². The summed E-state index contributed by atoms with van der Waals surface area (Å²) in [4.78, 5) is 12.4. The van der Waals surface area contributed by atoms with Gasteiger partial charge in [-0.05, 0) is 55.5 Å². The Hall–Kier alpha value is -2.42. The van der Waals surface area contributed by atoms with Crippen molar-refractivity contribution in [3.8, 4) is 11.5 Å². The van der Waals surface area contributed by atoms with Crippen LogP contribution in [0.25, 0.3) is 0 Å². The Morgan fingerprint density at radius 3 is 2.14 bits per heavy atom. The van der Waals surface area contributed by atoms with Gasteiger partial charge in [0.05, 0.1) is 24.7 Å². The van der Waals surface area contributed by atoms with Gasteiger partial charge in [0.25, 0.3) is 0 Å². The average Bonchev–Trinajstić information content (AvgIpc) is 2.74. The molecule has 1 fully saturated rings. The maximum atomic E-state index is 12.6. The Bertz CT molecular complexity index is 887. The van der Waals surface area contributed by atoms with E-state index in [9.17, 15) is 13.2 Å². The van der Waals surface area contributed by atoms with Gasteiger partial charge in [0, 0.05) is 18.7 Å². The molecule has 0 saturated carbocycles. The fourth-order valence-corrected chi connectivity index (χ4v) is 4.19. The second kappa shape index (κ2) is 9.18. The van der Waals surface area contributed by atoms with Crippen LogP contribution in [-0.4, -0.2) is 58.0 Å². The van der Waals surface area contributed by atoms with Crippen molar-refractivity contribution in [3.63, 3.8) is 0 Å². The average molecular weight is 405 g/mol. The summed E-state index contributed by atoms with van der Waals surface area (Å²) < 4.78 is 42.6. The minimum absolute atomic E-state index is 0.135. The van der Waals surface area contributed by atoms with Crippen LogP contribution in [0.15, 0.2) is 53.4 Å². The second-order valence-electron chi connectivity index (χ2n) is 6.16. The van der Waals surface area contributed by atoms with Gasteiger partial charge in [-0.25, -0.2) is 8.42 Å². The molecule has 2 aromatic carbocycles. The van der Waals surface area contributed by atoms with Gasteiger partial charge in [0.2, 0.25) is 10.0 Å². The quantitative estimate of drug-likeness (QED) is 0.627. The smallest absolute Gasteiger partial charge is 0.243 e. The molecule has 0 spiro atoms. The van der Waals surface area contributed by atoms with Crippen molar-refractivity contribution in [2.75, 3.05) is 39.5 Å². The normalized spacial score (nSPS) is 15.2. The van der Waals surface area contributed by atoms with Gasteiger partial charge in [-0.15, -0.1) is 0 Å². The topological polar surface area (TPSA) is 82.1 Å². The molecule has 1 aliphatic heterocycles. The molecule has 0 N–H and O–H groups in total. The van der Waals surface area contributed by atoms with E-state index in [0.717, 1.165) is 0 Å². The zero-order chi connectivity index (χ0) is 20.0. The largest absolute Gasteiger partial charge is 0.494 e. The minimum atomic E-state index is -3.54. The number of carbonyl (C=O) groups excluding carboxylic acids is 1. The van der Waals surface area contributed by atoms with Crippen LogP contribution < -0.4 is 9.47 Å². The number of rotatable bonds is 8. The van der Waals surface area contributed by atoms with Gasteiger partial charge in [0.15, 0.2) is 12.4 Å². The van der Waals surface area contributed by atoms with Gasteiger partial charge in [-0.3, -0.25) is 4.79 Å². The first-order valence-electron chi connectivity index (χ1n) is 9.07. The van der Waals surface area contributed by atoms with Crippen molar-refractivity contribution in [1.82, 2.24) is 4.31 Å². The number of Topliss-reactive ketones (excluding diaryl/α,β-unsaturated/α-hetero) is 1. The Morgan fingerprint density at radius 2 is 1.54 bits per heavy atom. The van der Waals surface area contributed by atoms with Crippen LogP contribution in [-0.2, 0) is 14.8 Å². The maximum Gasteiger partial charge on any atom is 0.243 e. The van der Waals surface area contributed by atoms with E-state index < -0.39 is 10.0 Å². The van der Waals surface area contributed by atoms with E-state index in [2.05, 4.69) is 0 Å². The Kier molecular flexibility index (Phi) is 6.66. The molecule has 1 heterocycles. The Labute approximate surface area is 164 Å². The number of sulfonamides is 1. The van der Waals surface area contributed by atoms with Crippen LogP contribution in [0.2, 0.25) is 0 Å². The lowest BCUT2D eigenvalue weighted by molar-refractivity contribution is 0.0730. The van der Waals surface area contributed by atoms with Crippen LogP contribution in [0.1, 0.15) is 17.3 Å². The molecule has 0 amide bonds. The first-order valence-corrected chi connectivity index (χ1v) is 10.5. The summed E-state index contributed by atoms with van der Waals surface area (Å²) in [6.45, 7) is 3.80. The van der Waals surface area contributed by atoms with Crippen molar-refractivity contribution < 1.29 is 27.4 Å². The van der Waals surface area contributed by atoms with Crippen molar-refractivity contribution in [2.45, 2.75) is 11.8 Å². The monoisotopic (exact) mass is 405 g/mol. The van der Waals surface area contributed by atoms with E-state index in [1.807, 2.05) is 6.92 Å². The number of hydrogen-bond donors (Lipinski definition) is 0. The molecule has 0 aromatic heterocycles. The molecule has 0 atom stereocenters. The number of nitrogens with zero attached hydrogens (tertiary/aromatic N) is 1. The van der Waals surface area contributed by atoms with Gasteiger partial charge in [-0.2, -0.15) is 4.31 Å². The molecule has 8 heteroatoms. The highest BCUT2D eigenvalue weighted by atomic mass is 32.2. The van der Waals surface area contributed by atoms with Crippen LogP contribution in [0.4, 0.5) is 0 Å². The molecule has 0 bridgehead atoms. The summed E-state index contributed by atoms with van der Waals surface area (Å²) in [7, 11) is -3.54. The number of hydrogen-bond acceptors (Lipinski definition) is 6. The lowest BCUT2D eigenvalue weighted by atomic mass is 10.1. The Morgan fingerprint density at radius 1 is 0.964 bits per heavy atom. The molecule has 0 unspecified atom stereocenters. The number of ether oxygens (including phenoxy) is 3. The van der Waals surface area contributed by atoms with Crippen molar-refractivity contribution in [1.29, 1.82) is 0 Å². The SMILES string of the molecule is CCOc1ccc(C(=O)COc2ccc(S(=O)(=O)N3CCOCC3)cc2)cc1. The van der Waals surface area contributed by atoms with Gasteiger partial charge in [0.1, 0.15) is 11.5 Å². The van der Waals surface area contributed by atoms with Crippen LogP contribution in [0.5, 0.6) is 11.5 Å². The minimum Gasteiger partial charge on any atom is -0.494 e. The molecule has 3 rings (SSSR count). The highest BCUT2D eigenvalue weighted by molar-refractivity contribution is 7.89. The summed E-state index contributed by atoms with van der Waals surface area (Å²) in [6, 6.07) is 12.9. The standard InChI is InChI=1S/C20H23NO6S/c1-2-26-17-5-3-16(4-6-17)20(22)15-27-18-7-9-19(10-8-18)28(23,24)21-11-13-25-14-12-21/h3-10H,2,11-15H2,1H3. The predicted molar refractivity (Wildman–Crippen MR) is 103 cm³/mol. The molecular weight excluding hydrogens is 382 g/mol. The fraction of sp³-hybridized carbons (Fsp3) is 0.350. The molecule has 150 valence electrons. The van der Waals surface area contributed by atoms with Crippen molar-refractivity contribution >= 4 is 15.8 Å². The summed E-state index contributed by atoms with van der Waals surface area (Å²) in [5, 5.41) is 0. The van der Waals surface area contributed by atoms with Gasteiger partial charge >= 0.3 is 0 Å². The van der Waals surface area contributed by atoms with Crippen LogP contribution in [0.3, 0.4) is 0 Å². The van der Waals surface area contributed by atoms with Gasteiger partial charge < -0.3 is 14.2 Å². The maximum absolute atomic E-state index is 12.6. The van der Waals surface area contributed by atoms with E-state index in [1.54, 1.807) is 36.4 Å². The number of morpholine rings is 1. The summed E-state index contributed by atoms with van der Waals surface area (Å²) >= 11 is 0. The molecule has 0 radical (unpaired) electrons. The third-order valence-electron chi connectivity index (χ3n) is 4.29. The second-order valence-corrected chi connectivity index (χ2v) is 8.10. The third kappa shape index (κ3) is 4.89. The highest BCUT2D eigenvalue weighted by Gasteiger charge is 2.26. The van der Waals surface area contributed by atoms with E-state index in [4.69, 9.17) is 14.2 Å². The van der Waals surface area contributed by atoms with Crippen molar-refractivity contribution in [2.24, 2.45) is 0 Å². The Balaban J connectivity index is 1.58. The lowest BCUT2D eigenvalue weighted by Crippen LogP contribution is -2.40. The number of benzene rings is 2. The lowest BCUT2D eigenvalue weighted by Gasteiger charge is -2.26. The molecule has 1 saturated heterocycles. The molecular formula is C20H23NO6S. The zero-order valence-corrected chi connectivity index (χ0v) is 16.5. The first kappa shape index (κ1) is 20.3. The van der Waals surface area contributed by atoms with E-state index in [1.165, 1.54) is 16.4 Å². The number of carbonyl (C=O) groups is 1. The van der Waals surface area contributed by atoms with Crippen LogP contribution in [0, 0.1) is 0 Å². The first-order chi connectivity index (χ1) is 13.5. The van der Waals surface area contributed by atoms with E-state index >= 15 is 0 Å².